The Kier molecular flexibility index (Phi) is 13.3. The van der Waals surface area contributed by atoms with Gasteiger partial charge < -0.3 is 16.4 Å². The van der Waals surface area contributed by atoms with Crippen molar-refractivity contribution in [2.45, 2.75) is 19.5 Å². The number of anilines is 3. The van der Waals surface area contributed by atoms with Crippen molar-refractivity contribution in [2.24, 2.45) is 0 Å². The van der Waals surface area contributed by atoms with Crippen LogP contribution in [0.25, 0.3) is 0 Å². The molecule has 0 unspecified atom stereocenters. The molecule has 0 aliphatic carbocycles. The van der Waals surface area contributed by atoms with E-state index < -0.39 is 4.92 Å². The number of halogens is 1. The number of nitrogen functional groups attached to an aromatic ring is 1. The molecule has 0 aliphatic heterocycles. The fourth-order valence-corrected chi connectivity index (χ4v) is 4.24. The second-order valence-corrected chi connectivity index (χ2v) is 10.3. The number of nitro groups is 2. The number of nitro benzene ring substituents is 2. The molecule has 15 nitrogen and oxygen atoms in total. The smallest absolute Gasteiger partial charge is 0.292 e. The van der Waals surface area contributed by atoms with E-state index in [1.54, 1.807) is 67.3 Å². The largest absolute Gasteiger partial charge is 0.393 e. The van der Waals surface area contributed by atoms with E-state index in [0.29, 0.717) is 41.9 Å². The fraction of sp³-hybridized carbons (Fsp3) is 0.0909. The van der Waals surface area contributed by atoms with Crippen molar-refractivity contribution < 1.29 is 9.85 Å². The van der Waals surface area contributed by atoms with Crippen LogP contribution in [0.15, 0.2) is 122 Å². The summed E-state index contributed by atoms with van der Waals surface area (Å²) in [5.41, 5.74) is 9.11. The number of aromatic nitrogens is 6. The summed E-state index contributed by atoms with van der Waals surface area (Å²) >= 11 is 5.73. The van der Waals surface area contributed by atoms with Crippen LogP contribution in [0.5, 0.6) is 0 Å². The van der Waals surface area contributed by atoms with Gasteiger partial charge in [0.25, 0.3) is 11.4 Å². The Morgan fingerprint density at radius 3 is 1.69 bits per heavy atom. The summed E-state index contributed by atoms with van der Waals surface area (Å²) < 4.78 is 0. The number of hydrogen-bond acceptors (Lipinski definition) is 13. The van der Waals surface area contributed by atoms with E-state index >= 15 is 0 Å². The van der Waals surface area contributed by atoms with Gasteiger partial charge in [0.15, 0.2) is 0 Å². The monoisotopic (exact) mass is 679 g/mol. The van der Waals surface area contributed by atoms with Gasteiger partial charge >= 0.3 is 0 Å². The topological polar surface area (TPSA) is 214 Å². The van der Waals surface area contributed by atoms with E-state index in [1.807, 2.05) is 24.3 Å². The molecule has 0 amide bonds. The summed E-state index contributed by atoms with van der Waals surface area (Å²) in [4.78, 5) is 44.5. The van der Waals surface area contributed by atoms with Crippen LogP contribution in [0.2, 0.25) is 5.15 Å². The summed E-state index contributed by atoms with van der Waals surface area (Å²) in [5, 5.41) is 28.0. The third kappa shape index (κ3) is 11.9. The minimum atomic E-state index is -0.505. The zero-order valence-corrected chi connectivity index (χ0v) is 26.6. The molecule has 0 spiro atoms. The molecule has 6 aromatic rings. The number of para-hydroxylation sites is 3. The average molecular weight is 680 g/mol. The number of hydrogen-bond donors (Lipinski definition) is 3. The van der Waals surface area contributed by atoms with E-state index in [4.69, 9.17) is 17.3 Å². The van der Waals surface area contributed by atoms with Crippen molar-refractivity contribution in [3.8, 4) is 0 Å². The number of rotatable bonds is 10. The molecule has 16 heteroatoms. The molecule has 0 aliphatic rings. The third-order valence-corrected chi connectivity index (χ3v) is 6.70. The van der Waals surface area contributed by atoms with Crippen LogP contribution in [-0.2, 0) is 19.5 Å². The maximum absolute atomic E-state index is 11.1. The predicted octanol–water partition coefficient (Wildman–Crippen LogP) is 6.30. The molecule has 0 radical (unpaired) electrons. The zero-order valence-electron chi connectivity index (χ0n) is 25.8. The van der Waals surface area contributed by atoms with Gasteiger partial charge in [0, 0.05) is 74.1 Å². The molecule has 2 aromatic carbocycles. The first-order chi connectivity index (χ1) is 23.8. The molecular formula is C33H30ClN11O4. The highest BCUT2D eigenvalue weighted by molar-refractivity contribution is 6.29. The lowest BCUT2D eigenvalue weighted by molar-refractivity contribution is -0.385. The van der Waals surface area contributed by atoms with Crippen molar-refractivity contribution in [3.05, 3.63) is 170 Å². The molecule has 0 fully saturated rings. The van der Waals surface area contributed by atoms with Gasteiger partial charge in [-0.3, -0.25) is 30.2 Å². The van der Waals surface area contributed by atoms with E-state index in [1.165, 1.54) is 30.9 Å². The van der Waals surface area contributed by atoms with Crippen molar-refractivity contribution in [1.82, 2.24) is 29.9 Å². The zero-order chi connectivity index (χ0) is 34.8. The lowest BCUT2D eigenvalue weighted by Gasteiger charge is -2.07. The summed E-state index contributed by atoms with van der Waals surface area (Å²) in [6.45, 7) is 1.31. The predicted molar refractivity (Wildman–Crippen MR) is 186 cm³/mol. The highest BCUT2D eigenvalue weighted by Gasteiger charge is 2.13. The standard InChI is InChI=1S/C17H15N5O2.C10H9ClN4.C6H6N2O2/c23-22(24)16-4-2-1-3-14(16)9-15-10-17(21-12-20-15)19-11-13-5-7-18-8-6-13;11-9-5-10(15-7-14-9)13-6-8-1-3-12-4-2-8;7-5-3-1-2-4-6(5)8(9)10/h1-8,10,12H,9,11H2,(H,19,20,21);1-5,7H,6H2,(H,13,14,15);1-4H,7H2. The number of nitrogens with zero attached hydrogens (tertiary/aromatic N) is 8. The SMILES string of the molecule is Clc1cc(NCc2ccncc2)ncn1.Nc1ccccc1[N+](=O)[O-].O=[N+]([O-])c1ccccc1Cc1cc(NCc2ccncc2)ncn1. The Morgan fingerprint density at radius 1 is 0.653 bits per heavy atom. The van der Waals surface area contributed by atoms with Gasteiger partial charge in [-0.2, -0.15) is 0 Å². The van der Waals surface area contributed by atoms with Crippen LogP contribution < -0.4 is 16.4 Å². The van der Waals surface area contributed by atoms with Crippen molar-refractivity contribution in [1.29, 1.82) is 0 Å². The Labute approximate surface area is 285 Å². The highest BCUT2D eigenvalue weighted by Crippen LogP contribution is 2.21. The van der Waals surface area contributed by atoms with E-state index in [-0.39, 0.29) is 22.0 Å². The molecule has 0 saturated carbocycles. The maximum Gasteiger partial charge on any atom is 0.292 e. The summed E-state index contributed by atoms with van der Waals surface area (Å²) in [5.74, 6) is 1.39. The molecule has 6 rings (SSSR count). The van der Waals surface area contributed by atoms with Gasteiger partial charge in [0.05, 0.1) is 15.5 Å². The van der Waals surface area contributed by atoms with Crippen LogP contribution in [0, 0.1) is 20.2 Å². The first-order valence-corrected chi connectivity index (χ1v) is 14.9. The molecule has 49 heavy (non-hydrogen) atoms. The van der Waals surface area contributed by atoms with Crippen LogP contribution >= 0.6 is 11.6 Å². The molecular weight excluding hydrogens is 650 g/mol. The van der Waals surface area contributed by atoms with E-state index in [0.717, 1.165) is 16.8 Å². The lowest BCUT2D eigenvalue weighted by atomic mass is 10.1. The number of nitrogens with two attached hydrogens (primary N) is 1. The van der Waals surface area contributed by atoms with Gasteiger partial charge in [-0.05, 0) is 41.5 Å². The Morgan fingerprint density at radius 2 is 1.16 bits per heavy atom. The second-order valence-electron chi connectivity index (χ2n) is 9.92. The lowest BCUT2D eigenvalue weighted by Crippen LogP contribution is -2.04. The third-order valence-electron chi connectivity index (χ3n) is 6.50. The highest BCUT2D eigenvalue weighted by atomic mass is 35.5. The molecule has 0 saturated heterocycles. The van der Waals surface area contributed by atoms with Crippen LogP contribution in [0.1, 0.15) is 22.4 Å². The fourth-order valence-electron chi connectivity index (χ4n) is 4.10. The minimum absolute atomic E-state index is 0.0394. The summed E-state index contributed by atoms with van der Waals surface area (Å²) in [7, 11) is 0. The molecule has 4 N–H and O–H groups in total. The number of nitrogens with one attached hydrogen (secondary N) is 2. The molecule has 0 atom stereocenters. The number of benzene rings is 2. The molecule has 248 valence electrons. The van der Waals surface area contributed by atoms with E-state index in [9.17, 15) is 20.2 Å². The molecule has 4 heterocycles. The Hall–Kier alpha value is -6.61. The van der Waals surface area contributed by atoms with Crippen LogP contribution in [-0.4, -0.2) is 39.8 Å². The van der Waals surface area contributed by atoms with Gasteiger partial charge in [-0.15, -0.1) is 0 Å². The summed E-state index contributed by atoms with van der Waals surface area (Å²) in [6.07, 6.45) is 10.2. The maximum atomic E-state index is 11.1. The van der Waals surface area contributed by atoms with Crippen LogP contribution in [0.4, 0.5) is 28.7 Å². The normalized spacial score (nSPS) is 9.98. The second kappa shape index (κ2) is 18.5. The molecule has 0 bridgehead atoms. The number of pyridine rings is 2. The van der Waals surface area contributed by atoms with Gasteiger partial charge in [0.1, 0.15) is 35.1 Å². The quantitative estimate of drug-likeness (QED) is 0.0628. The first-order valence-electron chi connectivity index (χ1n) is 14.5. The van der Waals surface area contributed by atoms with Crippen molar-refractivity contribution in [2.75, 3.05) is 16.4 Å². The van der Waals surface area contributed by atoms with Crippen LogP contribution in [0.3, 0.4) is 0 Å². The van der Waals surface area contributed by atoms with Gasteiger partial charge in [-0.1, -0.05) is 41.9 Å². The average Bonchev–Trinajstić information content (AvgIpc) is 3.12. The first kappa shape index (κ1) is 35.2. The van der Waals surface area contributed by atoms with Crippen molar-refractivity contribution in [3.63, 3.8) is 0 Å². The van der Waals surface area contributed by atoms with Gasteiger partial charge in [0.2, 0.25) is 0 Å². The Bertz CT molecular complexity index is 1950. The summed E-state index contributed by atoms with van der Waals surface area (Å²) in [6, 6.07) is 24.0. The Balaban J connectivity index is 0.000000184. The van der Waals surface area contributed by atoms with Crippen molar-refractivity contribution >= 4 is 40.3 Å². The van der Waals surface area contributed by atoms with E-state index in [2.05, 4.69) is 40.5 Å². The minimum Gasteiger partial charge on any atom is -0.393 e. The molecule has 4 aromatic heterocycles. The van der Waals surface area contributed by atoms with Gasteiger partial charge in [-0.25, -0.2) is 19.9 Å².